The van der Waals surface area contributed by atoms with E-state index in [1.165, 1.54) is 21.3 Å². The van der Waals surface area contributed by atoms with E-state index in [1.807, 2.05) is 31.2 Å². The van der Waals surface area contributed by atoms with Gasteiger partial charge < -0.3 is 5.32 Å². The van der Waals surface area contributed by atoms with Gasteiger partial charge in [-0.05, 0) is 43.5 Å². The standard InChI is InChI=1S/C22H19F2N5O/c1-13-4-2-6-16(10-13)29-20-18(11-25-21(27-20)26-15-8-9-15)28(22(29)30)12-14-5-3-7-17(23)19(14)24/h2-7,10-11,15H,8-9,12H2,1H3,(H,25,26,27). The smallest absolute Gasteiger partial charge is 0.335 e. The van der Waals surface area contributed by atoms with E-state index < -0.39 is 17.3 Å². The summed E-state index contributed by atoms with van der Waals surface area (Å²) in [5, 5.41) is 3.24. The van der Waals surface area contributed by atoms with Crippen LogP contribution in [0.25, 0.3) is 16.9 Å². The molecule has 2 aromatic heterocycles. The van der Waals surface area contributed by atoms with Crippen molar-refractivity contribution >= 4 is 17.1 Å². The van der Waals surface area contributed by atoms with Crippen molar-refractivity contribution in [3.8, 4) is 5.69 Å². The number of aromatic nitrogens is 4. The van der Waals surface area contributed by atoms with Crippen LogP contribution in [0.4, 0.5) is 14.7 Å². The highest BCUT2D eigenvalue weighted by Gasteiger charge is 2.24. The molecule has 5 rings (SSSR count). The first-order valence-corrected chi connectivity index (χ1v) is 9.76. The van der Waals surface area contributed by atoms with Crippen LogP contribution in [0.3, 0.4) is 0 Å². The molecule has 1 fully saturated rings. The third kappa shape index (κ3) is 3.24. The summed E-state index contributed by atoms with van der Waals surface area (Å²) in [5.41, 5.74) is 2.20. The van der Waals surface area contributed by atoms with Crippen molar-refractivity contribution < 1.29 is 8.78 Å². The maximum absolute atomic E-state index is 14.3. The molecule has 8 heteroatoms. The summed E-state index contributed by atoms with van der Waals surface area (Å²) in [6.45, 7) is 1.81. The van der Waals surface area contributed by atoms with Crippen molar-refractivity contribution in [3.05, 3.63) is 81.9 Å². The summed E-state index contributed by atoms with van der Waals surface area (Å²) in [7, 11) is 0. The molecular weight excluding hydrogens is 388 g/mol. The third-order valence-corrected chi connectivity index (χ3v) is 5.21. The molecule has 0 aliphatic heterocycles. The van der Waals surface area contributed by atoms with Crippen LogP contribution in [-0.4, -0.2) is 25.1 Å². The van der Waals surface area contributed by atoms with Crippen molar-refractivity contribution in [2.45, 2.75) is 32.4 Å². The van der Waals surface area contributed by atoms with Crippen LogP contribution >= 0.6 is 0 Å². The third-order valence-electron chi connectivity index (χ3n) is 5.21. The quantitative estimate of drug-likeness (QED) is 0.547. The normalized spacial score (nSPS) is 13.7. The maximum atomic E-state index is 14.3. The first-order chi connectivity index (χ1) is 14.5. The highest BCUT2D eigenvalue weighted by Crippen LogP contribution is 2.25. The molecule has 4 aromatic rings. The van der Waals surface area contributed by atoms with Crippen LogP contribution in [0, 0.1) is 18.6 Å². The average molecular weight is 407 g/mol. The van der Waals surface area contributed by atoms with Gasteiger partial charge in [-0.2, -0.15) is 4.98 Å². The fraction of sp³-hybridized carbons (Fsp3) is 0.227. The van der Waals surface area contributed by atoms with E-state index >= 15 is 0 Å². The van der Waals surface area contributed by atoms with Crippen molar-refractivity contribution in [2.75, 3.05) is 5.32 Å². The van der Waals surface area contributed by atoms with Gasteiger partial charge in [-0.1, -0.05) is 24.3 Å². The second kappa shape index (κ2) is 7.05. The molecule has 2 heterocycles. The highest BCUT2D eigenvalue weighted by atomic mass is 19.2. The summed E-state index contributed by atoms with van der Waals surface area (Å²) in [6, 6.07) is 11.8. The van der Waals surface area contributed by atoms with Crippen molar-refractivity contribution in [1.82, 2.24) is 19.1 Å². The zero-order chi connectivity index (χ0) is 20.8. The van der Waals surface area contributed by atoms with Gasteiger partial charge in [-0.25, -0.2) is 23.1 Å². The minimum Gasteiger partial charge on any atom is -0.351 e. The Bertz CT molecular complexity index is 1320. The van der Waals surface area contributed by atoms with Gasteiger partial charge in [-0.15, -0.1) is 0 Å². The monoisotopic (exact) mass is 407 g/mol. The zero-order valence-electron chi connectivity index (χ0n) is 16.3. The lowest BCUT2D eigenvalue weighted by Crippen LogP contribution is -2.24. The molecule has 152 valence electrons. The summed E-state index contributed by atoms with van der Waals surface area (Å²) in [5.74, 6) is -1.47. The largest absolute Gasteiger partial charge is 0.351 e. The van der Waals surface area contributed by atoms with E-state index in [4.69, 9.17) is 0 Å². The molecule has 0 bridgehead atoms. The van der Waals surface area contributed by atoms with Gasteiger partial charge in [0, 0.05) is 11.6 Å². The Labute approximate surface area is 170 Å². The number of benzene rings is 2. The van der Waals surface area contributed by atoms with Crippen LogP contribution in [0.2, 0.25) is 0 Å². The van der Waals surface area contributed by atoms with Gasteiger partial charge in [0.05, 0.1) is 18.4 Å². The predicted molar refractivity (Wildman–Crippen MR) is 110 cm³/mol. The fourth-order valence-electron chi connectivity index (χ4n) is 3.51. The molecule has 6 nitrogen and oxygen atoms in total. The van der Waals surface area contributed by atoms with E-state index in [1.54, 1.807) is 6.20 Å². The summed E-state index contributed by atoms with van der Waals surface area (Å²) in [4.78, 5) is 22.3. The molecular formula is C22H19F2N5O. The fourth-order valence-corrected chi connectivity index (χ4v) is 3.51. The number of imidazole rings is 1. The molecule has 0 unspecified atom stereocenters. The number of anilines is 1. The highest BCUT2D eigenvalue weighted by molar-refractivity contribution is 5.74. The van der Waals surface area contributed by atoms with Crippen molar-refractivity contribution in [2.24, 2.45) is 0 Å². The molecule has 0 spiro atoms. The van der Waals surface area contributed by atoms with E-state index in [9.17, 15) is 13.6 Å². The number of nitrogens with zero attached hydrogens (tertiary/aromatic N) is 4. The van der Waals surface area contributed by atoms with Gasteiger partial charge in [-0.3, -0.25) is 4.57 Å². The first-order valence-electron chi connectivity index (χ1n) is 9.76. The van der Waals surface area contributed by atoms with Crippen molar-refractivity contribution in [3.63, 3.8) is 0 Å². The lowest BCUT2D eigenvalue weighted by atomic mass is 10.2. The lowest BCUT2D eigenvalue weighted by Gasteiger charge is -2.06. The molecule has 0 amide bonds. The number of nitrogens with one attached hydrogen (secondary N) is 1. The van der Waals surface area contributed by atoms with Crippen LogP contribution < -0.4 is 11.0 Å². The number of aryl methyl sites for hydroxylation is 1. The average Bonchev–Trinajstić information content (AvgIpc) is 3.49. The molecule has 0 saturated heterocycles. The minimum absolute atomic E-state index is 0.0839. The first kappa shape index (κ1) is 18.5. The predicted octanol–water partition coefficient (Wildman–Crippen LogP) is 3.79. The second-order valence-electron chi connectivity index (χ2n) is 7.58. The molecule has 30 heavy (non-hydrogen) atoms. The SMILES string of the molecule is Cc1cccc(-n2c(=O)n(Cc3cccc(F)c3F)c3cnc(NC4CC4)nc32)c1. The number of hydrogen-bond acceptors (Lipinski definition) is 4. The summed E-state index contributed by atoms with van der Waals surface area (Å²) >= 11 is 0. The van der Waals surface area contributed by atoms with Crippen LogP contribution in [-0.2, 0) is 6.54 Å². The molecule has 1 N–H and O–H groups in total. The van der Waals surface area contributed by atoms with Gasteiger partial charge >= 0.3 is 5.69 Å². The van der Waals surface area contributed by atoms with Crippen molar-refractivity contribution in [1.29, 1.82) is 0 Å². The molecule has 0 radical (unpaired) electrons. The Hall–Kier alpha value is -3.55. The van der Waals surface area contributed by atoms with Crippen LogP contribution in [0.15, 0.2) is 53.5 Å². The Morgan fingerprint density at radius 3 is 2.73 bits per heavy atom. The number of fused-ring (bicyclic) bond motifs is 1. The van der Waals surface area contributed by atoms with E-state index in [2.05, 4.69) is 15.3 Å². The minimum atomic E-state index is -0.964. The van der Waals surface area contributed by atoms with Gasteiger partial charge in [0.15, 0.2) is 17.3 Å². The Balaban J connectivity index is 1.71. The van der Waals surface area contributed by atoms with Crippen LogP contribution in [0.5, 0.6) is 0 Å². The maximum Gasteiger partial charge on any atom is 0.335 e. The number of halogens is 2. The van der Waals surface area contributed by atoms with E-state index in [0.717, 1.165) is 24.5 Å². The van der Waals surface area contributed by atoms with E-state index in [-0.39, 0.29) is 12.1 Å². The molecule has 1 aliphatic rings. The van der Waals surface area contributed by atoms with Gasteiger partial charge in [0.25, 0.3) is 0 Å². The lowest BCUT2D eigenvalue weighted by molar-refractivity contribution is 0.495. The second-order valence-corrected chi connectivity index (χ2v) is 7.58. The molecule has 0 atom stereocenters. The Morgan fingerprint density at radius 1 is 1.17 bits per heavy atom. The number of hydrogen-bond donors (Lipinski definition) is 1. The number of rotatable bonds is 5. The summed E-state index contributed by atoms with van der Waals surface area (Å²) < 4.78 is 30.8. The molecule has 1 aliphatic carbocycles. The zero-order valence-corrected chi connectivity index (χ0v) is 16.3. The summed E-state index contributed by atoms with van der Waals surface area (Å²) in [6.07, 6.45) is 3.68. The van der Waals surface area contributed by atoms with Gasteiger partial charge in [0.1, 0.15) is 5.52 Å². The Kier molecular flexibility index (Phi) is 4.34. The molecule has 1 saturated carbocycles. The topological polar surface area (TPSA) is 64.7 Å². The Morgan fingerprint density at radius 2 is 1.97 bits per heavy atom. The van der Waals surface area contributed by atoms with Crippen LogP contribution in [0.1, 0.15) is 24.0 Å². The molecule has 2 aromatic carbocycles. The van der Waals surface area contributed by atoms with E-state index in [0.29, 0.717) is 28.8 Å². The van der Waals surface area contributed by atoms with Gasteiger partial charge in [0.2, 0.25) is 5.95 Å².